The van der Waals surface area contributed by atoms with E-state index in [4.69, 9.17) is 0 Å². The molecule has 1 fully saturated rings. The molecule has 32 heavy (non-hydrogen) atoms. The molecule has 3 aromatic rings. The van der Waals surface area contributed by atoms with Gasteiger partial charge in [0.15, 0.2) is 10.8 Å². The molecule has 0 atom stereocenters. The minimum Gasteiger partial charge on any atom is -0.352 e. The number of sulfonamides is 1. The third-order valence-electron chi connectivity index (χ3n) is 5.51. The number of benzene rings is 1. The van der Waals surface area contributed by atoms with Crippen molar-refractivity contribution in [2.24, 2.45) is 0 Å². The lowest BCUT2D eigenvalue weighted by molar-refractivity contribution is 0.243. The molecule has 2 aromatic heterocycles. The number of hydrogen-bond donors (Lipinski definition) is 0. The largest absolute Gasteiger partial charge is 0.352 e. The Labute approximate surface area is 187 Å². The van der Waals surface area contributed by atoms with Crippen LogP contribution in [0.5, 0.6) is 0 Å². The number of hydrogen-bond acceptors (Lipinski definition) is 7. The highest BCUT2D eigenvalue weighted by Crippen LogP contribution is 2.27. The van der Waals surface area contributed by atoms with Crippen molar-refractivity contribution < 1.29 is 12.8 Å². The van der Waals surface area contributed by atoms with Crippen LogP contribution in [-0.4, -0.2) is 78.9 Å². The van der Waals surface area contributed by atoms with Crippen molar-refractivity contribution in [3.63, 3.8) is 0 Å². The third kappa shape index (κ3) is 4.93. The summed E-state index contributed by atoms with van der Waals surface area (Å²) in [5, 5.41) is 0.0586. The zero-order chi connectivity index (χ0) is 22.6. The van der Waals surface area contributed by atoms with Crippen LogP contribution in [0.25, 0.3) is 11.3 Å². The Morgan fingerprint density at radius 2 is 1.66 bits per heavy atom. The Balaban J connectivity index is 1.36. The van der Waals surface area contributed by atoms with Crippen molar-refractivity contribution in [2.75, 3.05) is 51.2 Å². The van der Waals surface area contributed by atoms with Crippen LogP contribution in [0, 0.1) is 5.82 Å². The number of rotatable bonds is 7. The number of piperazine rings is 1. The molecule has 1 saturated heterocycles. The first-order chi connectivity index (χ1) is 15.4. The first-order valence-electron chi connectivity index (χ1n) is 10.4. The zero-order valence-corrected chi connectivity index (χ0v) is 18.6. The molecular weight excluding hydrogens is 431 g/mol. The molecule has 0 bridgehead atoms. The van der Waals surface area contributed by atoms with Crippen LogP contribution < -0.4 is 4.90 Å². The predicted molar refractivity (Wildman–Crippen MR) is 120 cm³/mol. The van der Waals surface area contributed by atoms with Gasteiger partial charge in [0.1, 0.15) is 11.5 Å². The lowest BCUT2D eigenvalue weighted by Gasteiger charge is -2.36. The summed E-state index contributed by atoms with van der Waals surface area (Å²) in [6, 6.07) is 11.1. The highest BCUT2D eigenvalue weighted by molar-refractivity contribution is 7.89. The molecule has 0 unspecified atom stereocenters. The molecule has 0 radical (unpaired) electrons. The molecule has 3 heterocycles. The van der Waals surface area contributed by atoms with Crippen molar-refractivity contribution in [2.45, 2.75) is 5.03 Å². The first kappa shape index (κ1) is 22.3. The Morgan fingerprint density at radius 3 is 2.34 bits per heavy atom. The molecule has 168 valence electrons. The normalized spacial score (nSPS) is 15.3. The SMILES string of the molecule is CN(CCN1CCN(c2nccnc2-c2ccc(F)cc2)CC1)S(=O)(=O)c1ccccn1. The molecule has 0 saturated carbocycles. The van der Waals surface area contributed by atoms with E-state index in [9.17, 15) is 12.8 Å². The summed E-state index contributed by atoms with van der Waals surface area (Å²) in [7, 11) is -2.01. The van der Waals surface area contributed by atoms with E-state index in [2.05, 4.69) is 24.8 Å². The summed E-state index contributed by atoms with van der Waals surface area (Å²) in [5.41, 5.74) is 1.54. The van der Waals surface area contributed by atoms with Crippen molar-refractivity contribution in [1.82, 2.24) is 24.2 Å². The summed E-state index contributed by atoms with van der Waals surface area (Å²) < 4.78 is 39.9. The van der Waals surface area contributed by atoms with Crippen LogP contribution in [0.4, 0.5) is 10.2 Å². The monoisotopic (exact) mass is 456 g/mol. The molecular formula is C22H25FN6O2S. The molecule has 0 amide bonds. The van der Waals surface area contributed by atoms with Crippen LogP contribution in [0.15, 0.2) is 66.1 Å². The summed E-state index contributed by atoms with van der Waals surface area (Å²) in [6.45, 7) is 4.04. The van der Waals surface area contributed by atoms with Gasteiger partial charge in [0.05, 0.1) is 0 Å². The van der Waals surface area contributed by atoms with Crippen LogP contribution >= 0.6 is 0 Å². The van der Waals surface area contributed by atoms with E-state index in [0.717, 1.165) is 43.3 Å². The van der Waals surface area contributed by atoms with E-state index in [0.29, 0.717) is 13.1 Å². The van der Waals surface area contributed by atoms with E-state index in [1.807, 2.05) is 0 Å². The van der Waals surface area contributed by atoms with Crippen molar-refractivity contribution in [3.05, 3.63) is 66.9 Å². The number of aromatic nitrogens is 3. The molecule has 1 aromatic carbocycles. The van der Waals surface area contributed by atoms with Gasteiger partial charge in [-0.25, -0.2) is 22.8 Å². The Bertz CT molecular complexity index is 1140. The van der Waals surface area contributed by atoms with E-state index in [1.165, 1.54) is 28.7 Å². The predicted octanol–water partition coefficient (Wildman–Crippen LogP) is 2.12. The second kappa shape index (κ2) is 9.68. The maximum Gasteiger partial charge on any atom is 0.260 e. The number of pyridine rings is 1. The van der Waals surface area contributed by atoms with Gasteiger partial charge in [0, 0.05) is 70.5 Å². The maximum atomic E-state index is 13.3. The number of nitrogens with zero attached hydrogens (tertiary/aromatic N) is 6. The van der Waals surface area contributed by atoms with Gasteiger partial charge in [-0.15, -0.1) is 0 Å². The molecule has 8 nitrogen and oxygen atoms in total. The van der Waals surface area contributed by atoms with Crippen molar-refractivity contribution in [1.29, 1.82) is 0 Å². The molecule has 4 rings (SSSR count). The molecule has 1 aliphatic heterocycles. The van der Waals surface area contributed by atoms with Gasteiger partial charge in [0.2, 0.25) is 0 Å². The Morgan fingerprint density at radius 1 is 0.938 bits per heavy atom. The first-order valence-corrected chi connectivity index (χ1v) is 11.8. The molecule has 0 N–H and O–H groups in total. The van der Waals surface area contributed by atoms with E-state index in [1.54, 1.807) is 43.7 Å². The molecule has 10 heteroatoms. The highest BCUT2D eigenvalue weighted by Gasteiger charge is 2.25. The average molecular weight is 457 g/mol. The summed E-state index contributed by atoms with van der Waals surface area (Å²) >= 11 is 0. The standard InChI is InChI=1S/C22H25FN6O2S/c1-27(32(30,31)20-4-2-3-9-24-20)12-13-28-14-16-29(17-15-28)22-21(25-10-11-26-22)18-5-7-19(23)8-6-18/h2-11H,12-17H2,1H3. The van der Waals surface area contributed by atoms with E-state index in [-0.39, 0.29) is 10.8 Å². The van der Waals surface area contributed by atoms with Gasteiger partial charge in [-0.2, -0.15) is 4.31 Å². The minimum absolute atomic E-state index is 0.0586. The van der Waals surface area contributed by atoms with Gasteiger partial charge in [-0.1, -0.05) is 6.07 Å². The fourth-order valence-electron chi connectivity index (χ4n) is 3.62. The van der Waals surface area contributed by atoms with Gasteiger partial charge in [-0.05, 0) is 36.4 Å². The quantitative estimate of drug-likeness (QED) is 0.539. The van der Waals surface area contributed by atoms with Crippen molar-refractivity contribution >= 4 is 15.8 Å². The average Bonchev–Trinajstić information content (AvgIpc) is 2.84. The fraction of sp³-hybridized carbons (Fsp3) is 0.318. The Kier molecular flexibility index (Phi) is 6.73. The smallest absolute Gasteiger partial charge is 0.260 e. The topological polar surface area (TPSA) is 82.5 Å². The van der Waals surface area contributed by atoms with E-state index < -0.39 is 10.0 Å². The second-order valence-corrected chi connectivity index (χ2v) is 9.55. The second-order valence-electron chi connectivity index (χ2n) is 7.56. The van der Waals surface area contributed by atoms with Gasteiger partial charge in [-0.3, -0.25) is 9.88 Å². The summed E-state index contributed by atoms with van der Waals surface area (Å²) in [5.74, 6) is 0.483. The third-order valence-corrected chi connectivity index (χ3v) is 7.29. The molecule has 0 aliphatic carbocycles. The van der Waals surface area contributed by atoms with Gasteiger partial charge in [0.25, 0.3) is 10.0 Å². The van der Waals surface area contributed by atoms with Crippen LogP contribution in [0.2, 0.25) is 0 Å². The number of anilines is 1. The van der Waals surface area contributed by atoms with Crippen LogP contribution in [0.3, 0.4) is 0 Å². The number of halogens is 1. The minimum atomic E-state index is -3.59. The molecule has 0 spiro atoms. The van der Waals surface area contributed by atoms with Crippen LogP contribution in [0.1, 0.15) is 0 Å². The van der Waals surface area contributed by atoms with Crippen LogP contribution in [-0.2, 0) is 10.0 Å². The van der Waals surface area contributed by atoms with E-state index >= 15 is 0 Å². The lowest BCUT2D eigenvalue weighted by Crippen LogP contribution is -2.49. The Hall–Kier alpha value is -2.95. The highest BCUT2D eigenvalue weighted by atomic mass is 32.2. The fourth-order valence-corrected chi connectivity index (χ4v) is 4.70. The lowest BCUT2D eigenvalue weighted by atomic mass is 10.1. The zero-order valence-electron chi connectivity index (χ0n) is 17.8. The summed E-state index contributed by atoms with van der Waals surface area (Å²) in [6.07, 6.45) is 4.77. The summed E-state index contributed by atoms with van der Waals surface area (Å²) in [4.78, 5) is 17.4. The van der Waals surface area contributed by atoms with Gasteiger partial charge >= 0.3 is 0 Å². The number of likely N-dealkylation sites (N-methyl/N-ethyl adjacent to an activating group) is 1. The van der Waals surface area contributed by atoms with Gasteiger partial charge < -0.3 is 4.90 Å². The van der Waals surface area contributed by atoms with Crippen molar-refractivity contribution in [3.8, 4) is 11.3 Å². The maximum absolute atomic E-state index is 13.3. The molecule has 1 aliphatic rings.